The summed E-state index contributed by atoms with van der Waals surface area (Å²) in [7, 11) is 1.45. The molecule has 0 fully saturated rings. The number of carbonyl (C=O) groups is 1. The Labute approximate surface area is 99.4 Å². The van der Waals surface area contributed by atoms with Crippen molar-refractivity contribution < 1.29 is 19.0 Å². The zero-order valence-corrected chi connectivity index (χ0v) is 10.1. The fourth-order valence-electron chi connectivity index (χ4n) is 1.38. The molecule has 0 saturated carbocycles. The van der Waals surface area contributed by atoms with E-state index in [0.717, 1.165) is 0 Å². The maximum atomic E-state index is 13.7. The van der Waals surface area contributed by atoms with Gasteiger partial charge in [-0.05, 0) is 31.5 Å². The highest BCUT2D eigenvalue weighted by atomic mass is 19.1. The lowest BCUT2D eigenvalue weighted by Gasteiger charge is -2.17. The van der Waals surface area contributed by atoms with E-state index in [0.29, 0.717) is 17.0 Å². The number of methoxy groups -OCH3 is 1. The second kappa shape index (κ2) is 5.03. The molecule has 0 amide bonds. The molecule has 0 heterocycles. The quantitative estimate of drug-likeness (QED) is 0.831. The largest absolute Gasteiger partial charge is 0.495 e. The number of alkyl halides is 1. The normalized spacial score (nSPS) is 11.1. The van der Waals surface area contributed by atoms with Crippen LogP contribution in [0.2, 0.25) is 0 Å². The van der Waals surface area contributed by atoms with Crippen molar-refractivity contribution in [2.24, 2.45) is 0 Å². The van der Waals surface area contributed by atoms with Crippen molar-refractivity contribution in [2.45, 2.75) is 19.5 Å². The Morgan fingerprint density at radius 2 is 2.18 bits per heavy atom. The van der Waals surface area contributed by atoms with E-state index in [2.05, 4.69) is 5.32 Å². The van der Waals surface area contributed by atoms with Crippen LogP contribution in [0, 0.1) is 0 Å². The molecule has 4 nitrogen and oxygen atoms in total. The van der Waals surface area contributed by atoms with Crippen molar-refractivity contribution >= 4 is 11.7 Å². The predicted octanol–water partition coefficient (Wildman–Crippen LogP) is 2.40. The van der Waals surface area contributed by atoms with Gasteiger partial charge in [0.15, 0.2) is 0 Å². The summed E-state index contributed by atoms with van der Waals surface area (Å²) in [6.45, 7) is 2.69. The fraction of sp³-hybridized carbons (Fsp3) is 0.417. The SMILES string of the molecule is COc1cc(C(C)(C)F)ccc1NCC(=O)O. The summed E-state index contributed by atoms with van der Waals surface area (Å²) < 4.78 is 18.8. The van der Waals surface area contributed by atoms with Gasteiger partial charge in [0.2, 0.25) is 0 Å². The minimum absolute atomic E-state index is 0.214. The lowest BCUT2D eigenvalue weighted by Crippen LogP contribution is -2.14. The van der Waals surface area contributed by atoms with Gasteiger partial charge in [0.25, 0.3) is 0 Å². The molecule has 0 spiro atoms. The van der Waals surface area contributed by atoms with E-state index in [1.165, 1.54) is 21.0 Å². The molecule has 0 atom stereocenters. The maximum absolute atomic E-state index is 13.7. The topological polar surface area (TPSA) is 58.6 Å². The number of benzene rings is 1. The van der Waals surface area contributed by atoms with Crippen molar-refractivity contribution in [2.75, 3.05) is 19.0 Å². The standard InChI is InChI=1S/C12H16FNO3/c1-12(2,13)8-4-5-9(10(6-8)17-3)14-7-11(15)16/h4-6,14H,7H2,1-3H3,(H,15,16). The molecule has 1 aromatic rings. The minimum Gasteiger partial charge on any atom is -0.495 e. The van der Waals surface area contributed by atoms with Crippen molar-refractivity contribution in [3.8, 4) is 5.75 Å². The molecule has 17 heavy (non-hydrogen) atoms. The lowest BCUT2D eigenvalue weighted by molar-refractivity contribution is -0.134. The molecule has 0 aliphatic heterocycles. The first kappa shape index (κ1) is 13.3. The molecule has 0 aromatic heterocycles. The number of hydrogen-bond donors (Lipinski definition) is 2. The number of rotatable bonds is 5. The zero-order valence-electron chi connectivity index (χ0n) is 10.1. The van der Waals surface area contributed by atoms with Gasteiger partial charge >= 0.3 is 5.97 Å². The number of aliphatic carboxylic acids is 1. The number of nitrogens with one attached hydrogen (secondary N) is 1. The van der Waals surface area contributed by atoms with Gasteiger partial charge in [0, 0.05) is 0 Å². The van der Waals surface area contributed by atoms with Gasteiger partial charge in [-0.25, -0.2) is 4.39 Å². The number of anilines is 1. The van der Waals surface area contributed by atoms with E-state index in [1.54, 1.807) is 18.2 Å². The zero-order chi connectivity index (χ0) is 13.1. The van der Waals surface area contributed by atoms with Gasteiger partial charge in [-0.15, -0.1) is 0 Å². The van der Waals surface area contributed by atoms with Crippen LogP contribution in [0.15, 0.2) is 18.2 Å². The highest BCUT2D eigenvalue weighted by Crippen LogP contribution is 2.32. The van der Waals surface area contributed by atoms with E-state index in [4.69, 9.17) is 9.84 Å². The molecule has 0 bridgehead atoms. The molecule has 0 saturated heterocycles. The van der Waals surface area contributed by atoms with Gasteiger partial charge in [-0.3, -0.25) is 4.79 Å². The second-order valence-corrected chi connectivity index (χ2v) is 4.13. The van der Waals surface area contributed by atoms with Crippen molar-refractivity contribution in [3.63, 3.8) is 0 Å². The van der Waals surface area contributed by atoms with Gasteiger partial charge in [0.05, 0.1) is 12.8 Å². The summed E-state index contributed by atoms with van der Waals surface area (Å²) in [6, 6.07) is 4.77. The van der Waals surface area contributed by atoms with Crippen molar-refractivity contribution in [3.05, 3.63) is 23.8 Å². The number of ether oxygens (including phenoxy) is 1. The molecule has 0 radical (unpaired) electrons. The molecular formula is C12H16FNO3. The van der Waals surface area contributed by atoms with E-state index in [1.807, 2.05) is 0 Å². The Balaban J connectivity index is 2.97. The van der Waals surface area contributed by atoms with Crippen molar-refractivity contribution in [1.82, 2.24) is 0 Å². The average Bonchev–Trinajstić information content (AvgIpc) is 2.24. The molecule has 1 rings (SSSR count). The predicted molar refractivity (Wildman–Crippen MR) is 63.3 cm³/mol. The first-order valence-electron chi connectivity index (χ1n) is 5.17. The Bertz CT molecular complexity index is 413. The van der Waals surface area contributed by atoms with Gasteiger partial charge < -0.3 is 15.2 Å². The van der Waals surface area contributed by atoms with Crippen LogP contribution in [-0.2, 0) is 10.5 Å². The third-order valence-electron chi connectivity index (χ3n) is 2.32. The third kappa shape index (κ3) is 3.62. The Morgan fingerprint density at radius 1 is 1.53 bits per heavy atom. The van der Waals surface area contributed by atoms with Gasteiger partial charge in [-0.2, -0.15) is 0 Å². The number of carboxylic acids is 1. The van der Waals surface area contributed by atoms with E-state index in [-0.39, 0.29) is 6.54 Å². The smallest absolute Gasteiger partial charge is 0.322 e. The van der Waals surface area contributed by atoms with Crippen LogP contribution in [0.4, 0.5) is 10.1 Å². The summed E-state index contributed by atoms with van der Waals surface area (Å²) in [5.74, 6) is -0.545. The molecule has 0 unspecified atom stereocenters. The average molecular weight is 241 g/mol. The fourth-order valence-corrected chi connectivity index (χ4v) is 1.38. The molecule has 0 aliphatic carbocycles. The highest BCUT2D eigenvalue weighted by molar-refractivity contribution is 5.74. The summed E-state index contributed by atoms with van der Waals surface area (Å²) in [6.07, 6.45) is 0. The summed E-state index contributed by atoms with van der Waals surface area (Å²) in [4.78, 5) is 10.4. The van der Waals surface area contributed by atoms with E-state index in [9.17, 15) is 9.18 Å². The van der Waals surface area contributed by atoms with Crippen LogP contribution in [0.5, 0.6) is 5.75 Å². The van der Waals surface area contributed by atoms with Crippen LogP contribution >= 0.6 is 0 Å². The second-order valence-electron chi connectivity index (χ2n) is 4.13. The van der Waals surface area contributed by atoms with Crippen LogP contribution in [0.3, 0.4) is 0 Å². The Hall–Kier alpha value is -1.78. The van der Waals surface area contributed by atoms with Gasteiger partial charge in [-0.1, -0.05) is 6.07 Å². The summed E-state index contributed by atoms with van der Waals surface area (Å²) in [5, 5.41) is 11.3. The summed E-state index contributed by atoms with van der Waals surface area (Å²) in [5.41, 5.74) is -0.448. The highest BCUT2D eigenvalue weighted by Gasteiger charge is 2.20. The first-order valence-corrected chi connectivity index (χ1v) is 5.17. The lowest BCUT2D eigenvalue weighted by atomic mass is 9.99. The molecule has 2 N–H and O–H groups in total. The Kier molecular flexibility index (Phi) is 3.93. The van der Waals surface area contributed by atoms with Gasteiger partial charge in [0.1, 0.15) is 18.0 Å². The summed E-state index contributed by atoms with van der Waals surface area (Å²) >= 11 is 0. The molecular weight excluding hydrogens is 225 g/mol. The van der Waals surface area contributed by atoms with Crippen LogP contribution in [0.25, 0.3) is 0 Å². The molecule has 94 valence electrons. The number of carboxylic acid groups (broad SMARTS) is 1. The molecule has 5 heteroatoms. The number of hydrogen-bond acceptors (Lipinski definition) is 3. The van der Waals surface area contributed by atoms with E-state index >= 15 is 0 Å². The van der Waals surface area contributed by atoms with Crippen LogP contribution in [0.1, 0.15) is 19.4 Å². The first-order chi connectivity index (χ1) is 7.84. The van der Waals surface area contributed by atoms with Crippen LogP contribution < -0.4 is 10.1 Å². The Morgan fingerprint density at radius 3 is 2.65 bits per heavy atom. The van der Waals surface area contributed by atoms with Crippen molar-refractivity contribution in [1.29, 1.82) is 0 Å². The third-order valence-corrected chi connectivity index (χ3v) is 2.32. The minimum atomic E-state index is -1.46. The monoisotopic (exact) mass is 241 g/mol. The number of halogens is 1. The molecule has 0 aliphatic rings. The maximum Gasteiger partial charge on any atom is 0.322 e. The molecule has 1 aromatic carbocycles. The van der Waals surface area contributed by atoms with E-state index < -0.39 is 11.6 Å². The van der Waals surface area contributed by atoms with Crippen LogP contribution in [-0.4, -0.2) is 24.7 Å².